The van der Waals surface area contributed by atoms with Gasteiger partial charge in [0.1, 0.15) is 5.01 Å². The molecule has 1 fully saturated rings. The number of benzene rings is 1. The smallest absolute Gasteiger partial charge is 0.230 e. The summed E-state index contributed by atoms with van der Waals surface area (Å²) in [5, 5.41) is 8.29. The van der Waals surface area contributed by atoms with Crippen LogP contribution in [0.3, 0.4) is 0 Å². The Hall–Kier alpha value is -2.58. The third-order valence-electron chi connectivity index (χ3n) is 4.03. The fraction of sp³-hybridized carbons (Fsp3) is 0.222. The van der Waals surface area contributed by atoms with Crippen LogP contribution in [0, 0.1) is 0 Å². The quantitative estimate of drug-likeness (QED) is 0.730. The minimum Gasteiger partial charge on any atom is -0.326 e. The highest BCUT2D eigenvalue weighted by Crippen LogP contribution is 2.26. The van der Waals surface area contributed by atoms with Gasteiger partial charge in [-0.3, -0.25) is 14.5 Å². The molecule has 2 aromatic heterocycles. The molecule has 0 unspecified atom stereocenters. The summed E-state index contributed by atoms with van der Waals surface area (Å²) in [4.78, 5) is 34.4. The average Bonchev–Trinajstić information content (AvgIpc) is 3.37. The number of anilines is 2. The van der Waals surface area contributed by atoms with Crippen LogP contribution >= 0.6 is 22.7 Å². The van der Waals surface area contributed by atoms with Gasteiger partial charge in [0.2, 0.25) is 11.8 Å². The maximum Gasteiger partial charge on any atom is 0.230 e. The number of carbonyl (C=O) groups is 2. The standard InChI is InChI=1S/C18H16N4O2S2/c23-15(10-14-11-26-18(21-14)22-8-1-2-16(22)24)20-13-5-3-12(4-6-13)17-19-7-9-25-17/h3-7,9,11H,1-2,8,10H2,(H,20,23). The van der Waals surface area contributed by atoms with E-state index in [9.17, 15) is 9.59 Å². The molecule has 132 valence electrons. The normalized spacial score (nSPS) is 14.0. The molecule has 8 heteroatoms. The number of aromatic nitrogens is 2. The van der Waals surface area contributed by atoms with Gasteiger partial charge in [-0.1, -0.05) is 0 Å². The van der Waals surface area contributed by atoms with E-state index in [-0.39, 0.29) is 18.2 Å². The van der Waals surface area contributed by atoms with Crippen molar-refractivity contribution >= 4 is 45.3 Å². The number of hydrogen-bond acceptors (Lipinski definition) is 6. The van der Waals surface area contributed by atoms with Crippen molar-refractivity contribution in [3.8, 4) is 10.6 Å². The molecule has 1 aliphatic rings. The second kappa shape index (κ2) is 7.35. The molecule has 1 N–H and O–H groups in total. The zero-order valence-electron chi connectivity index (χ0n) is 13.8. The Labute approximate surface area is 158 Å². The van der Waals surface area contributed by atoms with Crippen LogP contribution in [0.5, 0.6) is 0 Å². The minimum absolute atomic E-state index is 0.107. The predicted molar refractivity (Wildman–Crippen MR) is 104 cm³/mol. The molecule has 4 rings (SSSR count). The van der Waals surface area contributed by atoms with Crippen molar-refractivity contribution in [1.82, 2.24) is 9.97 Å². The summed E-state index contributed by atoms with van der Waals surface area (Å²) in [5.74, 6) is -0.0210. The fourth-order valence-corrected chi connectivity index (χ4v) is 4.30. The maximum absolute atomic E-state index is 12.3. The lowest BCUT2D eigenvalue weighted by Gasteiger charge is -2.10. The molecular formula is C18H16N4O2S2. The molecule has 3 heterocycles. The fourth-order valence-electron chi connectivity index (χ4n) is 2.78. The second-order valence-corrected chi connectivity index (χ2v) is 7.64. The first-order chi connectivity index (χ1) is 12.7. The Balaban J connectivity index is 1.37. The van der Waals surface area contributed by atoms with Crippen LogP contribution in [0.25, 0.3) is 10.6 Å². The zero-order chi connectivity index (χ0) is 17.9. The lowest BCUT2D eigenvalue weighted by Crippen LogP contribution is -2.23. The van der Waals surface area contributed by atoms with E-state index < -0.39 is 0 Å². The SMILES string of the molecule is O=C(Cc1csc(N2CCCC2=O)n1)Nc1ccc(-c2nccs2)cc1. The molecule has 0 atom stereocenters. The van der Waals surface area contributed by atoms with Crippen molar-refractivity contribution in [1.29, 1.82) is 0 Å². The topological polar surface area (TPSA) is 75.2 Å². The maximum atomic E-state index is 12.3. The van der Waals surface area contributed by atoms with Crippen molar-refractivity contribution < 1.29 is 9.59 Å². The van der Waals surface area contributed by atoms with E-state index in [1.165, 1.54) is 11.3 Å². The molecule has 1 aromatic carbocycles. The van der Waals surface area contributed by atoms with Gasteiger partial charge < -0.3 is 5.32 Å². The molecule has 26 heavy (non-hydrogen) atoms. The lowest BCUT2D eigenvalue weighted by molar-refractivity contribution is -0.117. The van der Waals surface area contributed by atoms with E-state index in [0.717, 1.165) is 22.7 Å². The van der Waals surface area contributed by atoms with Gasteiger partial charge in [-0.15, -0.1) is 22.7 Å². The van der Waals surface area contributed by atoms with E-state index in [1.54, 1.807) is 22.4 Å². The summed E-state index contributed by atoms with van der Waals surface area (Å²) in [6.07, 6.45) is 3.40. The van der Waals surface area contributed by atoms with Gasteiger partial charge in [-0.05, 0) is 30.7 Å². The first-order valence-electron chi connectivity index (χ1n) is 8.23. The molecule has 0 radical (unpaired) electrons. The number of nitrogens with zero attached hydrogens (tertiary/aromatic N) is 3. The zero-order valence-corrected chi connectivity index (χ0v) is 15.5. The monoisotopic (exact) mass is 384 g/mol. The molecule has 6 nitrogen and oxygen atoms in total. The molecule has 0 aliphatic carbocycles. The number of thiazole rings is 2. The van der Waals surface area contributed by atoms with Gasteiger partial charge in [0, 0.05) is 41.2 Å². The molecule has 0 bridgehead atoms. The molecular weight excluding hydrogens is 368 g/mol. The lowest BCUT2D eigenvalue weighted by atomic mass is 10.2. The molecule has 3 aromatic rings. The number of carbonyl (C=O) groups excluding carboxylic acids is 2. The summed E-state index contributed by atoms with van der Waals surface area (Å²) < 4.78 is 0. The largest absolute Gasteiger partial charge is 0.326 e. The molecule has 0 saturated carbocycles. The summed E-state index contributed by atoms with van der Waals surface area (Å²) in [7, 11) is 0. The van der Waals surface area contributed by atoms with Gasteiger partial charge in [-0.2, -0.15) is 0 Å². The van der Waals surface area contributed by atoms with E-state index >= 15 is 0 Å². The Morgan fingerprint density at radius 2 is 2.08 bits per heavy atom. The molecule has 2 amide bonds. The Kier molecular flexibility index (Phi) is 4.77. The highest BCUT2D eigenvalue weighted by Gasteiger charge is 2.24. The van der Waals surface area contributed by atoms with Gasteiger partial charge >= 0.3 is 0 Å². The highest BCUT2D eigenvalue weighted by atomic mass is 32.1. The Morgan fingerprint density at radius 1 is 1.23 bits per heavy atom. The highest BCUT2D eigenvalue weighted by molar-refractivity contribution is 7.14. The first kappa shape index (κ1) is 16.9. The molecule has 0 spiro atoms. The van der Waals surface area contributed by atoms with Crippen molar-refractivity contribution in [2.45, 2.75) is 19.3 Å². The predicted octanol–water partition coefficient (Wildman–Crippen LogP) is 3.57. The van der Waals surface area contributed by atoms with E-state index in [4.69, 9.17) is 0 Å². The van der Waals surface area contributed by atoms with Crippen LogP contribution in [0.2, 0.25) is 0 Å². The summed E-state index contributed by atoms with van der Waals surface area (Å²) in [6.45, 7) is 0.712. The van der Waals surface area contributed by atoms with E-state index in [1.807, 2.05) is 35.0 Å². The number of nitrogens with one attached hydrogen (secondary N) is 1. The van der Waals surface area contributed by atoms with Gasteiger partial charge in [0.05, 0.1) is 12.1 Å². The van der Waals surface area contributed by atoms with Crippen LogP contribution in [-0.2, 0) is 16.0 Å². The third-order valence-corrected chi connectivity index (χ3v) is 5.77. The van der Waals surface area contributed by atoms with Crippen LogP contribution < -0.4 is 10.2 Å². The van der Waals surface area contributed by atoms with E-state index in [0.29, 0.717) is 23.8 Å². The van der Waals surface area contributed by atoms with Crippen LogP contribution in [0.15, 0.2) is 41.2 Å². The number of hydrogen-bond donors (Lipinski definition) is 1. The summed E-state index contributed by atoms with van der Waals surface area (Å²) in [5.41, 5.74) is 2.44. The van der Waals surface area contributed by atoms with Crippen molar-refractivity contribution in [2.24, 2.45) is 0 Å². The summed E-state index contributed by atoms with van der Waals surface area (Å²) >= 11 is 2.98. The Morgan fingerprint density at radius 3 is 2.77 bits per heavy atom. The van der Waals surface area contributed by atoms with Gasteiger partial charge in [-0.25, -0.2) is 9.97 Å². The molecule has 1 saturated heterocycles. The molecule has 1 aliphatic heterocycles. The van der Waals surface area contributed by atoms with E-state index in [2.05, 4.69) is 15.3 Å². The van der Waals surface area contributed by atoms with Crippen molar-refractivity contribution in [2.75, 3.05) is 16.8 Å². The first-order valence-corrected chi connectivity index (χ1v) is 9.99. The van der Waals surface area contributed by atoms with Crippen LogP contribution in [-0.4, -0.2) is 28.3 Å². The average molecular weight is 384 g/mol. The van der Waals surface area contributed by atoms with Crippen LogP contribution in [0.4, 0.5) is 10.8 Å². The number of rotatable bonds is 5. The van der Waals surface area contributed by atoms with Crippen molar-refractivity contribution in [3.63, 3.8) is 0 Å². The second-order valence-electron chi connectivity index (χ2n) is 5.91. The van der Waals surface area contributed by atoms with Crippen molar-refractivity contribution in [3.05, 3.63) is 46.9 Å². The van der Waals surface area contributed by atoms with Gasteiger partial charge in [0.25, 0.3) is 0 Å². The summed E-state index contributed by atoms with van der Waals surface area (Å²) in [6, 6.07) is 7.61. The third kappa shape index (κ3) is 3.66. The van der Waals surface area contributed by atoms with Crippen LogP contribution in [0.1, 0.15) is 18.5 Å². The number of amides is 2. The van der Waals surface area contributed by atoms with Gasteiger partial charge in [0.15, 0.2) is 5.13 Å². The Bertz CT molecular complexity index is 919. The minimum atomic E-state index is -0.128.